The fourth-order valence-electron chi connectivity index (χ4n) is 4.23. The molecule has 2 aromatic heterocycles. The van der Waals surface area contributed by atoms with Gasteiger partial charge in [-0.2, -0.15) is 0 Å². The Morgan fingerprint density at radius 3 is 2.80 bits per heavy atom. The van der Waals surface area contributed by atoms with E-state index in [-0.39, 0.29) is 17.0 Å². The number of nitrogens with zero attached hydrogens (tertiary/aromatic N) is 2. The molecule has 1 aliphatic rings. The van der Waals surface area contributed by atoms with Crippen LogP contribution >= 0.6 is 34.7 Å². The Balaban J connectivity index is 1.54. The summed E-state index contributed by atoms with van der Waals surface area (Å²) in [6.07, 6.45) is 3.91. The van der Waals surface area contributed by atoms with Gasteiger partial charge in [0.15, 0.2) is 16.8 Å². The maximum absolute atomic E-state index is 13.8. The van der Waals surface area contributed by atoms with Crippen LogP contribution in [0.1, 0.15) is 28.8 Å². The first-order chi connectivity index (χ1) is 16.8. The molecule has 0 saturated heterocycles. The summed E-state index contributed by atoms with van der Waals surface area (Å²) in [7, 11) is 0. The minimum atomic E-state index is -1.05. The Morgan fingerprint density at radius 1 is 1.20 bits per heavy atom. The Morgan fingerprint density at radius 2 is 2.00 bits per heavy atom. The number of thiophene rings is 1. The lowest BCUT2D eigenvalue weighted by Gasteiger charge is -2.16. The molecular formula is C25H20ClF2N3O2S2. The van der Waals surface area contributed by atoms with Crippen LogP contribution in [0.15, 0.2) is 46.3 Å². The molecule has 0 fully saturated rings. The van der Waals surface area contributed by atoms with Crippen LogP contribution in [0.4, 0.5) is 14.5 Å². The maximum atomic E-state index is 13.8. The summed E-state index contributed by atoms with van der Waals surface area (Å²) < 4.78 is 28.2. The molecule has 0 atom stereocenters. The van der Waals surface area contributed by atoms with E-state index in [1.54, 1.807) is 18.2 Å². The van der Waals surface area contributed by atoms with E-state index in [1.807, 2.05) is 6.92 Å². The van der Waals surface area contributed by atoms with Crippen molar-refractivity contribution in [2.24, 2.45) is 0 Å². The van der Waals surface area contributed by atoms with Crippen molar-refractivity contribution in [1.82, 2.24) is 9.55 Å². The molecule has 0 saturated carbocycles. The average molecular weight is 532 g/mol. The zero-order valence-electron chi connectivity index (χ0n) is 18.7. The molecule has 0 aliphatic heterocycles. The zero-order valence-corrected chi connectivity index (χ0v) is 21.0. The van der Waals surface area contributed by atoms with E-state index >= 15 is 0 Å². The number of thioether (sulfide) groups is 1. The molecule has 35 heavy (non-hydrogen) atoms. The van der Waals surface area contributed by atoms with Crippen LogP contribution in [0, 0.1) is 18.6 Å². The molecule has 0 radical (unpaired) electrons. The molecule has 0 unspecified atom stereocenters. The van der Waals surface area contributed by atoms with Gasteiger partial charge in [-0.05, 0) is 68.0 Å². The van der Waals surface area contributed by atoms with Crippen LogP contribution in [-0.2, 0) is 17.6 Å². The fourth-order valence-corrected chi connectivity index (χ4v) is 6.51. The van der Waals surface area contributed by atoms with E-state index < -0.39 is 17.5 Å². The van der Waals surface area contributed by atoms with Gasteiger partial charge in [0.2, 0.25) is 5.91 Å². The van der Waals surface area contributed by atoms with Gasteiger partial charge in [0.25, 0.3) is 5.56 Å². The van der Waals surface area contributed by atoms with Gasteiger partial charge in [0.1, 0.15) is 4.83 Å². The number of hydrogen-bond acceptors (Lipinski definition) is 5. The first-order valence-electron chi connectivity index (χ1n) is 11.0. The molecule has 2 heterocycles. The second-order valence-corrected chi connectivity index (χ2v) is 10.7. The monoisotopic (exact) mass is 531 g/mol. The van der Waals surface area contributed by atoms with Crippen LogP contribution in [0.3, 0.4) is 0 Å². The van der Waals surface area contributed by atoms with E-state index in [0.717, 1.165) is 60.7 Å². The number of halogens is 3. The van der Waals surface area contributed by atoms with Gasteiger partial charge in [-0.25, -0.2) is 13.8 Å². The number of hydrogen-bond donors (Lipinski definition) is 1. The fraction of sp³-hybridized carbons (Fsp3) is 0.240. The quantitative estimate of drug-likeness (QED) is 0.242. The van der Waals surface area contributed by atoms with E-state index in [1.165, 1.54) is 26.8 Å². The van der Waals surface area contributed by atoms with Crippen molar-refractivity contribution in [3.05, 3.63) is 79.4 Å². The summed E-state index contributed by atoms with van der Waals surface area (Å²) in [6.45, 7) is 1.83. The molecular weight excluding hydrogens is 512 g/mol. The predicted octanol–water partition coefficient (Wildman–Crippen LogP) is 6.30. The number of benzene rings is 2. The smallest absolute Gasteiger partial charge is 0.267 e. The molecule has 1 aliphatic carbocycles. The van der Waals surface area contributed by atoms with Crippen molar-refractivity contribution in [2.45, 2.75) is 37.8 Å². The summed E-state index contributed by atoms with van der Waals surface area (Å²) in [6, 6.07) is 8.49. The number of aryl methyl sites for hydroxylation is 2. The molecule has 0 spiro atoms. The van der Waals surface area contributed by atoms with Crippen LogP contribution in [0.5, 0.6) is 0 Å². The largest absolute Gasteiger partial charge is 0.325 e. The van der Waals surface area contributed by atoms with Gasteiger partial charge >= 0.3 is 0 Å². The van der Waals surface area contributed by atoms with E-state index in [0.29, 0.717) is 26.1 Å². The number of carbonyl (C=O) groups excluding carboxylic acids is 1. The van der Waals surface area contributed by atoms with Crippen molar-refractivity contribution in [3.63, 3.8) is 0 Å². The number of carbonyl (C=O) groups is 1. The summed E-state index contributed by atoms with van der Waals surface area (Å²) in [5, 5.41) is 4.08. The Labute approximate surface area is 213 Å². The Bertz CT molecular complexity index is 1530. The average Bonchev–Trinajstić information content (AvgIpc) is 3.21. The van der Waals surface area contributed by atoms with Crippen molar-refractivity contribution in [3.8, 4) is 5.69 Å². The van der Waals surface area contributed by atoms with Crippen molar-refractivity contribution < 1.29 is 13.6 Å². The van der Waals surface area contributed by atoms with Gasteiger partial charge in [0, 0.05) is 21.7 Å². The summed E-state index contributed by atoms with van der Waals surface area (Å²) >= 11 is 9.00. The SMILES string of the molecule is Cc1c(Cl)cccc1-n1c(SCC(=O)Nc2ccc(F)c(F)c2)nc2sc3c(c2c1=O)CCCC3. The lowest BCUT2D eigenvalue weighted by molar-refractivity contribution is -0.113. The van der Waals surface area contributed by atoms with Crippen LogP contribution < -0.4 is 10.9 Å². The number of aromatic nitrogens is 2. The van der Waals surface area contributed by atoms with E-state index in [2.05, 4.69) is 5.32 Å². The molecule has 1 N–H and O–H groups in total. The molecule has 180 valence electrons. The van der Waals surface area contributed by atoms with Crippen LogP contribution in [0.25, 0.3) is 15.9 Å². The first-order valence-corrected chi connectivity index (χ1v) is 13.2. The topological polar surface area (TPSA) is 64.0 Å². The third kappa shape index (κ3) is 4.60. The Kier molecular flexibility index (Phi) is 6.65. The lowest BCUT2D eigenvalue weighted by Crippen LogP contribution is -2.24. The molecule has 2 aromatic carbocycles. The molecule has 0 bridgehead atoms. The highest BCUT2D eigenvalue weighted by Crippen LogP contribution is 2.36. The van der Waals surface area contributed by atoms with Crippen molar-refractivity contribution in [2.75, 3.05) is 11.1 Å². The minimum Gasteiger partial charge on any atom is -0.325 e. The van der Waals surface area contributed by atoms with Crippen molar-refractivity contribution >= 4 is 56.5 Å². The van der Waals surface area contributed by atoms with Gasteiger partial charge < -0.3 is 5.32 Å². The number of amides is 1. The van der Waals surface area contributed by atoms with Gasteiger partial charge in [-0.3, -0.25) is 14.2 Å². The summed E-state index contributed by atoms with van der Waals surface area (Å²) in [5.41, 5.74) is 2.38. The van der Waals surface area contributed by atoms with Crippen LogP contribution in [-0.4, -0.2) is 21.2 Å². The minimum absolute atomic E-state index is 0.0817. The second-order valence-electron chi connectivity index (χ2n) is 8.28. The molecule has 1 amide bonds. The predicted molar refractivity (Wildman–Crippen MR) is 137 cm³/mol. The lowest BCUT2D eigenvalue weighted by atomic mass is 9.97. The molecule has 5 nitrogen and oxygen atoms in total. The highest BCUT2D eigenvalue weighted by Gasteiger charge is 2.24. The summed E-state index contributed by atoms with van der Waals surface area (Å²) in [4.78, 5) is 33.1. The number of rotatable bonds is 5. The van der Waals surface area contributed by atoms with E-state index in [4.69, 9.17) is 16.6 Å². The number of fused-ring (bicyclic) bond motifs is 3. The summed E-state index contributed by atoms with van der Waals surface area (Å²) in [5.74, 6) is -2.55. The highest BCUT2D eigenvalue weighted by molar-refractivity contribution is 7.99. The standard InChI is InChI=1S/C25H20ClF2N3O2S2/c1-13-16(26)6-4-7-19(13)31-24(33)22-15-5-2-3-8-20(15)35-23(22)30-25(31)34-12-21(32)29-14-9-10-17(27)18(28)11-14/h4,6-7,9-11H,2-3,5,8,12H2,1H3,(H,29,32). The highest BCUT2D eigenvalue weighted by atomic mass is 35.5. The first kappa shape index (κ1) is 24.0. The molecule has 4 aromatic rings. The zero-order chi connectivity index (χ0) is 24.7. The Hall–Kier alpha value is -2.75. The maximum Gasteiger partial charge on any atom is 0.267 e. The van der Waals surface area contributed by atoms with Crippen molar-refractivity contribution in [1.29, 1.82) is 0 Å². The molecule has 5 rings (SSSR count). The third-order valence-electron chi connectivity index (χ3n) is 5.97. The second kappa shape index (κ2) is 9.72. The van der Waals surface area contributed by atoms with Gasteiger partial charge in [-0.1, -0.05) is 29.4 Å². The van der Waals surface area contributed by atoms with E-state index in [9.17, 15) is 18.4 Å². The number of anilines is 1. The van der Waals surface area contributed by atoms with Crippen LogP contribution in [0.2, 0.25) is 5.02 Å². The molecule has 10 heteroatoms. The van der Waals surface area contributed by atoms with Gasteiger partial charge in [-0.15, -0.1) is 11.3 Å². The number of nitrogens with one attached hydrogen (secondary N) is 1. The normalized spacial score (nSPS) is 13.1. The van der Waals surface area contributed by atoms with Gasteiger partial charge in [0.05, 0.1) is 16.8 Å². The third-order valence-corrected chi connectivity index (χ3v) is 8.51.